The van der Waals surface area contributed by atoms with Crippen molar-refractivity contribution in [1.29, 1.82) is 0 Å². The normalized spacial score (nSPS) is 23.7. The van der Waals surface area contributed by atoms with E-state index in [1.807, 2.05) is 18.2 Å². The van der Waals surface area contributed by atoms with Crippen LogP contribution in [-0.4, -0.2) is 29.6 Å². The molecule has 1 saturated heterocycles. The second kappa shape index (κ2) is 6.47. The highest BCUT2D eigenvalue weighted by atomic mass is 35.5. The van der Waals surface area contributed by atoms with E-state index in [-0.39, 0.29) is 24.4 Å². The molecule has 2 heterocycles. The monoisotopic (exact) mass is 337 g/mol. The Morgan fingerprint density at radius 1 is 1.30 bits per heavy atom. The van der Waals surface area contributed by atoms with Crippen molar-refractivity contribution in [3.63, 3.8) is 0 Å². The number of carbonyl (C=O) groups is 1. The molecule has 0 bridgehead atoms. The molecule has 4 rings (SSSR count). The van der Waals surface area contributed by atoms with Gasteiger partial charge < -0.3 is 20.2 Å². The van der Waals surface area contributed by atoms with Crippen LogP contribution in [0.2, 0.25) is 0 Å². The fourth-order valence-electron chi connectivity index (χ4n) is 2.82. The molecule has 1 aromatic carbocycles. The lowest BCUT2D eigenvalue weighted by Gasteiger charge is -2.12. The predicted molar refractivity (Wildman–Crippen MR) is 88.8 cm³/mol. The van der Waals surface area contributed by atoms with Gasteiger partial charge in [0.25, 0.3) is 5.91 Å². The molecule has 2 aliphatic rings. The smallest absolute Gasteiger partial charge is 0.253 e. The van der Waals surface area contributed by atoms with Crippen LogP contribution in [0.3, 0.4) is 0 Å². The minimum Gasteiger partial charge on any atom is -0.440 e. The number of halogens is 1. The molecule has 1 aliphatic carbocycles. The number of carbonyl (C=O) groups excluding carboxylic acids is 1. The Morgan fingerprint density at radius 3 is 2.83 bits per heavy atom. The number of anilines is 1. The van der Waals surface area contributed by atoms with Crippen molar-refractivity contribution in [2.24, 2.45) is 5.73 Å². The Balaban J connectivity index is 0.00000156. The topological polar surface area (TPSA) is 90.4 Å². The van der Waals surface area contributed by atoms with Crippen LogP contribution in [-0.2, 0) is 9.53 Å². The standard InChI is InChI=1S/C16H19N3O3.ClH/c17-8-11-4-6-13(21-11)15(20)18-10-3-5-12-14(7-10)22-16(19-12)9-1-2-9;/h3,5,7,9,11,13H,1-2,4,6,8,17H2,(H,18,20);1H/t11-,13+;/m1./s1. The van der Waals surface area contributed by atoms with Crippen LogP contribution in [0.4, 0.5) is 5.69 Å². The van der Waals surface area contributed by atoms with Crippen LogP contribution in [0.15, 0.2) is 22.6 Å². The zero-order valence-electron chi connectivity index (χ0n) is 12.7. The molecule has 1 aromatic heterocycles. The zero-order valence-corrected chi connectivity index (χ0v) is 13.5. The summed E-state index contributed by atoms with van der Waals surface area (Å²) < 4.78 is 11.4. The Hall–Kier alpha value is -1.63. The summed E-state index contributed by atoms with van der Waals surface area (Å²) >= 11 is 0. The number of benzene rings is 1. The number of aromatic nitrogens is 1. The Morgan fingerprint density at radius 2 is 2.13 bits per heavy atom. The SMILES string of the molecule is Cl.NC[C@H]1CC[C@@H](C(=O)Nc2ccc3nc(C4CC4)oc3c2)O1. The molecule has 7 heteroatoms. The minimum atomic E-state index is -0.416. The molecule has 1 saturated carbocycles. The molecule has 3 N–H and O–H groups in total. The first-order valence-electron chi connectivity index (χ1n) is 7.80. The molecule has 2 fully saturated rings. The quantitative estimate of drug-likeness (QED) is 0.894. The van der Waals surface area contributed by atoms with E-state index >= 15 is 0 Å². The van der Waals surface area contributed by atoms with Gasteiger partial charge in [-0.15, -0.1) is 12.4 Å². The molecule has 0 unspecified atom stereocenters. The van der Waals surface area contributed by atoms with Gasteiger partial charge in [0.2, 0.25) is 0 Å². The van der Waals surface area contributed by atoms with Gasteiger partial charge >= 0.3 is 0 Å². The summed E-state index contributed by atoms with van der Waals surface area (Å²) in [6.07, 6.45) is 3.43. The van der Waals surface area contributed by atoms with Gasteiger partial charge in [0.05, 0.1) is 6.10 Å². The van der Waals surface area contributed by atoms with Crippen LogP contribution in [0.1, 0.15) is 37.5 Å². The first kappa shape index (κ1) is 16.2. The Bertz CT molecular complexity index is 714. The number of hydrogen-bond acceptors (Lipinski definition) is 5. The number of nitrogens with zero attached hydrogens (tertiary/aromatic N) is 1. The fourth-order valence-corrected chi connectivity index (χ4v) is 2.82. The van der Waals surface area contributed by atoms with Crippen molar-refractivity contribution in [3.05, 3.63) is 24.1 Å². The van der Waals surface area contributed by atoms with Gasteiger partial charge in [0.15, 0.2) is 11.5 Å². The van der Waals surface area contributed by atoms with E-state index in [0.29, 0.717) is 30.2 Å². The largest absolute Gasteiger partial charge is 0.440 e. The van der Waals surface area contributed by atoms with E-state index in [1.54, 1.807) is 0 Å². The number of amides is 1. The number of ether oxygens (including phenoxy) is 1. The molecule has 124 valence electrons. The second-order valence-corrected chi connectivity index (χ2v) is 6.06. The van der Waals surface area contributed by atoms with E-state index < -0.39 is 6.10 Å². The van der Waals surface area contributed by atoms with Gasteiger partial charge in [0.1, 0.15) is 11.6 Å². The van der Waals surface area contributed by atoms with Crippen LogP contribution in [0.5, 0.6) is 0 Å². The molecule has 23 heavy (non-hydrogen) atoms. The van der Waals surface area contributed by atoms with Gasteiger partial charge in [-0.25, -0.2) is 4.98 Å². The zero-order chi connectivity index (χ0) is 15.1. The summed E-state index contributed by atoms with van der Waals surface area (Å²) in [4.78, 5) is 16.7. The van der Waals surface area contributed by atoms with E-state index in [2.05, 4.69) is 10.3 Å². The van der Waals surface area contributed by atoms with E-state index in [0.717, 1.165) is 30.7 Å². The molecule has 0 radical (unpaired) electrons. The summed E-state index contributed by atoms with van der Waals surface area (Å²) in [7, 11) is 0. The maximum absolute atomic E-state index is 12.2. The van der Waals surface area contributed by atoms with Gasteiger partial charge in [-0.3, -0.25) is 4.79 Å². The molecule has 6 nitrogen and oxygen atoms in total. The average molecular weight is 338 g/mol. The van der Waals surface area contributed by atoms with E-state index in [4.69, 9.17) is 14.9 Å². The highest BCUT2D eigenvalue weighted by Gasteiger charge is 2.30. The lowest BCUT2D eigenvalue weighted by Crippen LogP contribution is -2.29. The van der Waals surface area contributed by atoms with Crippen LogP contribution in [0, 0.1) is 0 Å². The summed E-state index contributed by atoms with van der Waals surface area (Å²) in [5.74, 6) is 1.16. The molecule has 2 atom stereocenters. The number of fused-ring (bicyclic) bond motifs is 1. The molecule has 1 amide bonds. The molecule has 0 spiro atoms. The second-order valence-electron chi connectivity index (χ2n) is 6.06. The summed E-state index contributed by atoms with van der Waals surface area (Å²) in [6.45, 7) is 0.456. The van der Waals surface area contributed by atoms with Crippen molar-refractivity contribution in [2.75, 3.05) is 11.9 Å². The van der Waals surface area contributed by atoms with Crippen LogP contribution >= 0.6 is 12.4 Å². The van der Waals surface area contributed by atoms with Gasteiger partial charge in [-0.1, -0.05) is 0 Å². The predicted octanol–water partition coefficient (Wildman–Crippen LogP) is 2.57. The minimum absolute atomic E-state index is 0. The molecular formula is C16H20ClN3O3. The van der Waals surface area contributed by atoms with Crippen molar-refractivity contribution in [1.82, 2.24) is 4.98 Å². The highest BCUT2D eigenvalue weighted by molar-refractivity contribution is 5.95. The number of nitrogens with two attached hydrogens (primary N) is 1. The van der Waals surface area contributed by atoms with Gasteiger partial charge in [-0.05, 0) is 37.8 Å². The van der Waals surface area contributed by atoms with Gasteiger partial charge in [0, 0.05) is 24.2 Å². The summed E-state index contributed by atoms with van der Waals surface area (Å²) in [5.41, 5.74) is 7.82. The number of hydrogen-bond donors (Lipinski definition) is 2. The maximum Gasteiger partial charge on any atom is 0.253 e. The highest BCUT2D eigenvalue weighted by Crippen LogP contribution is 2.40. The first-order chi connectivity index (χ1) is 10.7. The van der Waals surface area contributed by atoms with Crippen molar-refractivity contribution in [2.45, 2.75) is 43.8 Å². The maximum atomic E-state index is 12.2. The third-order valence-electron chi connectivity index (χ3n) is 4.26. The Kier molecular flexibility index (Phi) is 4.57. The fraction of sp³-hybridized carbons (Fsp3) is 0.500. The van der Waals surface area contributed by atoms with Crippen LogP contribution in [0.25, 0.3) is 11.1 Å². The van der Waals surface area contributed by atoms with E-state index in [1.165, 1.54) is 0 Å². The third-order valence-corrected chi connectivity index (χ3v) is 4.26. The lowest BCUT2D eigenvalue weighted by molar-refractivity contribution is -0.126. The third kappa shape index (κ3) is 3.34. The number of nitrogens with one attached hydrogen (secondary N) is 1. The summed E-state index contributed by atoms with van der Waals surface area (Å²) in [5, 5.41) is 2.88. The molecular weight excluding hydrogens is 318 g/mol. The van der Waals surface area contributed by atoms with Crippen molar-refractivity contribution in [3.8, 4) is 0 Å². The summed E-state index contributed by atoms with van der Waals surface area (Å²) in [6, 6.07) is 5.54. The van der Waals surface area contributed by atoms with E-state index in [9.17, 15) is 4.79 Å². The number of rotatable bonds is 4. The van der Waals surface area contributed by atoms with Crippen molar-refractivity contribution < 1.29 is 13.9 Å². The lowest BCUT2D eigenvalue weighted by atomic mass is 10.2. The first-order valence-corrected chi connectivity index (χ1v) is 7.80. The van der Waals surface area contributed by atoms with Crippen molar-refractivity contribution >= 4 is 35.1 Å². The Labute approximate surface area is 140 Å². The number of oxazole rings is 1. The molecule has 1 aliphatic heterocycles. The molecule has 2 aromatic rings. The van der Waals surface area contributed by atoms with Gasteiger partial charge in [-0.2, -0.15) is 0 Å². The van der Waals surface area contributed by atoms with Crippen LogP contribution < -0.4 is 11.1 Å². The average Bonchev–Trinajstić information content (AvgIpc) is 3.11.